The van der Waals surface area contributed by atoms with Gasteiger partial charge in [-0.3, -0.25) is 9.59 Å². The molecule has 40 heavy (non-hydrogen) atoms. The molecule has 1 aromatic heterocycles. The first-order valence-electron chi connectivity index (χ1n) is 13.5. The second-order valence-electron chi connectivity index (χ2n) is 11.1. The Kier molecular flexibility index (Phi) is 8.99. The number of likely N-dealkylation sites (tertiary alicyclic amines) is 1. The Labute approximate surface area is 248 Å². The fourth-order valence-electron chi connectivity index (χ4n) is 5.23. The van der Waals surface area contributed by atoms with Gasteiger partial charge in [0.2, 0.25) is 0 Å². The summed E-state index contributed by atoms with van der Waals surface area (Å²) in [7, 11) is 0. The van der Waals surface area contributed by atoms with Crippen molar-refractivity contribution in [3.05, 3.63) is 68.6 Å². The average Bonchev–Trinajstić information content (AvgIpc) is 2.90. The molecule has 0 radical (unpaired) electrons. The summed E-state index contributed by atoms with van der Waals surface area (Å²) < 4.78 is 8.13. The Morgan fingerprint density at radius 2 is 1.93 bits per heavy atom. The number of ether oxygens (including phenoxy) is 1. The smallest absolute Gasteiger partial charge is 0.255 e. The lowest BCUT2D eigenvalue weighted by Crippen LogP contribution is -2.56. The van der Waals surface area contributed by atoms with Crippen molar-refractivity contribution in [1.29, 1.82) is 0 Å². The molecule has 2 saturated heterocycles. The van der Waals surface area contributed by atoms with Crippen LogP contribution in [0.15, 0.2) is 52.3 Å². The van der Waals surface area contributed by atoms with E-state index in [2.05, 4.69) is 22.1 Å². The quantitative estimate of drug-likeness (QED) is 0.301. The molecule has 0 bridgehead atoms. The van der Waals surface area contributed by atoms with Gasteiger partial charge in [-0.1, -0.05) is 36.2 Å². The second kappa shape index (κ2) is 12.3. The molecular weight excluding hydrogens is 571 g/mol. The van der Waals surface area contributed by atoms with Crippen molar-refractivity contribution in [1.82, 2.24) is 19.5 Å². The summed E-state index contributed by atoms with van der Waals surface area (Å²) in [6.07, 6.45) is 3.46. The van der Waals surface area contributed by atoms with E-state index >= 15 is 0 Å². The van der Waals surface area contributed by atoms with Crippen LogP contribution in [0.25, 0.3) is 10.8 Å². The van der Waals surface area contributed by atoms with E-state index in [9.17, 15) is 14.7 Å². The lowest BCUT2D eigenvalue weighted by Gasteiger charge is -2.43. The standard InChI is InChI=1S/C29H34Cl2N4O4S/c1-18(15-34-9-7-19(8-10-34)39-20-3-6-25(30)26(31)11-20)13-32-28(37)24-14-33-27(36)23-12-21(4-5-22(23)24)40-35-16-29(2,38)17-35/h3-6,11-12,14,18-19,38H,7-10,13,15-17H2,1-2H3,(H,32,37)(H,33,36)/t18-/m1/s1. The Morgan fingerprint density at radius 1 is 1.18 bits per heavy atom. The van der Waals surface area contributed by atoms with Crippen LogP contribution >= 0.6 is 35.1 Å². The number of aromatic amines is 1. The van der Waals surface area contributed by atoms with Crippen molar-refractivity contribution in [2.45, 2.75) is 43.3 Å². The second-order valence-corrected chi connectivity index (χ2v) is 13.1. The zero-order valence-corrected chi connectivity index (χ0v) is 24.9. The predicted octanol–water partition coefficient (Wildman–Crippen LogP) is 4.82. The van der Waals surface area contributed by atoms with Crippen molar-refractivity contribution in [3.8, 4) is 5.75 Å². The van der Waals surface area contributed by atoms with E-state index in [-0.39, 0.29) is 23.5 Å². The van der Waals surface area contributed by atoms with E-state index in [1.165, 1.54) is 18.1 Å². The molecule has 0 spiro atoms. The summed E-state index contributed by atoms with van der Waals surface area (Å²) in [5, 5.41) is 15.1. The summed E-state index contributed by atoms with van der Waals surface area (Å²) >= 11 is 13.6. The molecule has 1 atom stereocenters. The zero-order chi connectivity index (χ0) is 28.4. The van der Waals surface area contributed by atoms with E-state index in [0.29, 0.717) is 46.0 Å². The number of carbonyl (C=O) groups is 1. The van der Waals surface area contributed by atoms with Gasteiger partial charge in [0.15, 0.2) is 0 Å². The Morgan fingerprint density at radius 3 is 2.62 bits per heavy atom. The third-order valence-electron chi connectivity index (χ3n) is 7.30. The van der Waals surface area contributed by atoms with E-state index in [4.69, 9.17) is 27.9 Å². The molecule has 0 unspecified atom stereocenters. The Balaban J connectivity index is 1.11. The first-order chi connectivity index (χ1) is 19.1. The van der Waals surface area contributed by atoms with Crippen LogP contribution in [-0.2, 0) is 0 Å². The SMILES string of the molecule is C[C@H](CNC(=O)c1c[nH]c(=O)c2cc(SN3CC(C)(O)C3)ccc12)CN1CCC(Oc2ccc(Cl)c(Cl)c2)CC1. The molecule has 2 fully saturated rings. The van der Waals surface area contributed by atoms with Crippen LogP contribution in [0, 0.1) is 5.92 Å². The minimum Gasteiger partial charge on any atom is -0.490 e. The van der Waals surface area contributed by atoms with Crippen LogP contribution in [0.3, 0.4) is 0 Å². The number of pyridine rings is 1. The lowest BCUT2D eigenvalue weighted by atomic mass is 10.0. The Bertz CT molecular complexity index is 1430. The van der Waals surface area contributed by atoms with Crippen molar-refractivity contribution in [2.24, 2.45) is 5.92 Å². The number of β-amino-alcohol motifs (C(OH)–C–C–N with tert-alkyl or cyclic N) is 1. The molecule has 1 amide bonds. The molecule has 214 valence electrons. The van der Waals surface area contributed by atoms with Gasteiger partial charge in [-0.2, -0.15) is 0 Å². The van der Waals surface area contributed by atoms with Gasteiger partial charge < -0.3 is 25.0 Å². The van der Waals surface area contributed by atoms with Gasteiger partial charge in [0.05, 0.1) is 21.2 Å². The molecule has 11 heteroatoms. The molecule has 0 saturated carbocycles. The van der Waals surface area contributed by atoms with Crippen LogP contribution in [-0.4, -0.2) is 76.2 Å². The normalized spacial score (nSPS) is 18.8. The number of hydrogen-bond acceptors (Lipinski definition) is 7. The van der Waals surface area contributed by atoms with Crippen molar-refractivity contribution < 1.29 is 14.6 Å². The van der Waals surface area contributed by atoms with Gasteiger partial charge in [0.1, 0.15) is 11.9 Å². The van der Waals surface area contributed by atoms with E-state index in [0.717, 1.165) is 43.1 Å². The number of aromatic nitrogens is 1. The maximum atomic E-state index is 13.1. The van der Waals surface area contributed by atoms with E-state index in [1.807, 2.05) is 22.5 Å². The molecule has 0 aliphatic carbocycles. The predicted molar refractivity (Wildman–Crippen MR) is 161 cm³/mol. The number of nitrogens with one attached hydrogen (secondary N) is 2. The molecule has 8 nitrogen and oxygen atoms in total. The van der Waals surface area contributed by atoms with E-state index in [1.54, 1.807) is 25.1 Å². The zero-order valence-electron chi connectivity index (χ0n) is 22.6. The van der Waals surface area contributed by atoms with Gasteiger partial charge in [0, 0.05) is 67.2 Å². The third-order valence-corrected chi connectivity index (χ3v) is 9.02. The summed E-state index contributed by atoms with van der Waals surface area (Å²) in [6, 6.07) is 10.9. The number of carbonyl (C=O) groups excluding carboxylic acids is 1. The van der Waals surface area contributed by atoms with Crippen molar-refractivity contribution in [2.75, 3.05) is 39.3 Å². The monoisotopic (exact) mass is 604 g/mol. The lowest BCUT2D eigenvalue weighted by molar-refractivity contribution is -0.0378. The topological polar surface area (TPSA) is 97.9 Å². The highest BCUT2D eigenvalue weighted by molar-refractivity contribution is 7.97. The van der Waals surface area contributed by atoms with Crippen LogP contribution in [0.2, 0.25) is 10.0 Å². The minimum absolute atomic E-state index is 0.136. The van der Waals surface area contributed by atoms with Crippen molar-refractivity contribution in [3.63, 3.8) is 0 Å². The number of fused-ring (bicyclic) bond motifs is 1. The number of rotatable bonds is 9. The van der Waals surface area contributed by atoms with Crippen LogP contribution in [0.5, 0.6) is 5.75 Å². The summed E-state index contributed by atoms with van der Waals surface area (Å²) in [5.41, 5.74) is -0.447. The number of hydrogen-bond donors (Lipinski definition) is 3. The number of aliphatic hydroxyl groups is 1. The molecule has 3 N–H and O–H groups in total. The number of piperidine rings is 1. The van der Waals surface area contributed by atoms with Gasteiger partial charge in [-0.05, 0) is 61.9 Å². The highest BCUT2D eigenvalue weighted by Gasteiger charge is 2.37. The fraction of sp³-hybridized carbons (Fsp3) is 0.448. The summed E-state index contributed by atoms with van der Waals surface area (Å²) in [5.74, 6) is 0.780. The summed E-state index contributed by atoms with van der Waals surface area (Å²) in [6.45, 7) is 8.31. The van der Waals surface area contributed by atoms with Gasteiger partial charge in [-0.15, -0.1) is 0 Å². The molecule has 2 aliphatic rings. The third kappa shape index (κ3) is 7.13. The van der Waals surface area contributed by atoms with Gasteiger partial charge in [0.25, 0.3) is 11.5 Å². The Hall–Kier alpha value is -2.27. The maximum absolute atomic E-state index is 13.1. The average molecular weight is 606 g/mol. The first kappa shape index (κ1) is 29.2. The van der Waals surface area contributed by atoms with Gasteiger partial charge >= 0.3 is 0 Å². The fourth-order valence-corrected chi connectivity index (χ4v) is 6.80. The molecule has 3 heterocycles. The maximum Gasteiger partial charge on any atom is 0.255 e. The van der Waals surface area contributed by atoms with E-state index < -0.39 is 5.60 Å². The first-order valence-corrected chi connectivity index (χ1v) is 15.0. The number of H-pyrrole nitrogens is 1. The van der Waals surface area contributed by atoms with Crippen molar-refractivity contribution >= 4 is 51.8 Å². The number of benzene rings is 2. The van der Waals surface area contributed by atoms with Gasteiger partial charge in [-0.25, -0.2) is 4.31 Å². The molecule has 3 aromatic rings. The molecule has 2 aliphatic heterocycles. The largest absolute Gasteiger partial charge is 0.490 e. The van der Waals surface area contributed by atoms with Crippen LogP contribution in [0.1, 0.15) is 37.0 Å². The molecular formula is C29H34Cl2N4O4S. The number of amides is 1. The number of halogens is 2. The minimum atomic E-state index is -0.665. The molecule has 5 rings (SSSR count). The summed E-state index contributed by atoms with van der Waals surface area (Å²) in [4.78, 5) is 31.6. The van der Waals surface area contributed by atoms with Crippen LogP contribution in [0.4, 0.5) is 0 Å². The molecule has 2 aromatic carbocycles. The number of nitrogens with zero attached hydrogens (tertiary/aromatic N) is 2. The van der Waals surface area contributed by atoms with Crippen LogP contribution < -0.4 is 15.6 Å². The highest BCUT2D eigenvalue weighted by Crippen LogP contribution is 2.34. The highest BCUT2D eigenvalue weighted by atomic mass is 35.5.